The van der Waals surface area contributed by atoms with Crippen LogP contribution in [0.2, 0.25) is 0 Å². The molecule has 2 N–H and O–H groups in total. The summed E-state index contributed by atoms with van der Waals surface area (Å²) in [5.41, 5.74) is 11.8. The molecular formula is CH4N2V. The van der Waals surface area contributed by atoms with Gasteiger partial charge in [-0.25, -0.2) is 0 Å². The number of rotatable bonds is 0. The third kappa shape index (κ3) is 22.3. The third-order valence-corrected chi connectivity index (χ3v) is 0. The maximum absolute atomic E-state index is 5.88. The Morgan fingerprint density at radius 1 is 1.25 bits per heavy atom. The molecule has 0 atom stereocenters. The summed E-state index contributed by atoms with van der Waals surface area (Å²) in [6, 6.07) is 0. The summed E-state index contributed by atoms with van der Waals surface area (Å²) in [5.74, 6) is 0. The molecule has 0 aromatic heterocycles. The van der Waals surface area contributed by atoms with Crippen molar-refractivity contribution in [3.63, 3.8) is 0 Å². The smallest absolute Gasteiger partial charge is 0.696 e. The first kappa shape index (κ1) is 8.82. The normalized spacial score (nSPS) is 4.50. The summed E-state index contributed by atoms with van der Waals surface area (Å²) in [6.07, 6.45) is 0. The van der Waals surface area contributed by atoms with Gasteiger partial charge in [0.1, 0.15) is 0 Å². The maximum atomic E-state index is 5.88. The zero-order valence-corrected chi connectivity index (χ0v) is 3.55. The zero-order chi connectivity index (χ0) is 2.71. The molecule has 0 saturated heterocycles. The van der Waals surface area contributed by atoms with Gasteiger partial charge in [0.05, 0.1) is 0 Å². The first-order valence-electron chi connectivity index (χ1n) is 0.707. The fourth-order valence-electron chi connectivity index (χ4n) is 0. The predicted molar refractivity (Wildman–Crippen MR) is 13.5 cm³/mol. The van der Waals surface area contributed by atoms with Crippen LogP contribution in [0.4, 0.5) is 0 Å². The van der Waals surface area contributed by atoms with Crippen molar-refractivity contribution in [2.24, 2.45) is 0 Å². The SMILES string of the molecule is [NH-]C[NH-].[V+2]. The Hall–Kier alpha value is 0.504. The molecule has 23 valence electrons. The molecule has 0 saturated carbocycles. The molecule has 3 heteroatoms. The zero-order valence-electron chi connectivity index (χ0n) is 2.15. The summed E-state index contributed by atoms with van der Waals surface area (Å²) in [4.78, 5) is 0. The second-order valence-corrected chi connectivity index (χ2v) is 0.177. The quantitative estimate of drug-likeness (QED) is 0.431. The van der Waals surface area contributed by atoms with E-state index in [9.17, 15) is 0 Å². The van der Waals surface area contributed by atoms with E-state index in [4.69, 9.17) is 11.5 Å². The number of hydrogen-bond donors (Lipinski definition) is 0. The fraction of sp³-hybridized carbons (Fsp3) is 1.00. The van der Waals surface area contributed by atoms with Crippen LogP contribution < -0.4 is 0 Å². The van der Waals surface area contributed by atoms with E-state index in [1.807, 2.05) is 0 Å². The van der Waals surface area contributed by atoms with Crippen LogP contribution in [0, 0.1) is 0 Å². The topological polar surface area (TPSA) is 47.6 Å². The number of hydrogen-bond acceptors (Lipinski definition) is 0. The molecule has 4 heavy (non-hydrogen) atoms. The van der Waals surface area contributed by atoms with Gasteiger partial charge in [0, 0.05) is 0 Å². The Morgan fingerprint density at radius 2 is 1.25 bits per heavy atom. The van der Waals surface area contributed by atoms with Crippen molar-refractivity contribution in [3.8, 4) is 0 Å². The van der Waals surface area contributed by atoms with Gasteiger partial charge in [-0.15, -0.1) is 0 Å². The molecule has 0 aliphatic carbocycles. The fourth-order valence-corrected chi connectivity index (χ4v) is 0. The van der Waals surface area contributed by atoms with Crippen LogP contribution in [0.25, 0.3) is 11.5 Å². The van der Waals surface area contributed by atoms with Crippen molar-refractivity contribution < 1.29 is 18.6 Å². The van der Waals surface area contributed by atoms with Crippen LogP contribution in [-0.2, 0) is 18.6 Å². The molecule has 1 radical (unpaired) electrons. The average Bonchev–Trinajstić information content (AvgIpc) is 0.918. The predicted octanol–water partition coefficient (Wildman–Crippen LogP) is 1.05. The average molecular weight is 95.0 g/mol. The van der Waals surface area contributed by atoms with Gasteiger partial charge in [0.2, 0.25) is 0 Å². The molecule has 0 aromatic rings. The Bertz CT molecular complexity index is 6.00. The summed E-state index contributed by atoms with van der Waals surface area (Å²) < 4.78 is 0. The van der Waals surface area contributed by atoms with E-state index in [0.29, 0.717) is 0 Å². The minimum Gasteiger partial charge on any atom is -0.696 e. The van der Waals surface area contributed by atoms with Gasteiger partial charge in [-0.3, -0.25) is 6.67 Å². The van der Waals surface area contributed by atoms with E-state index in [-0.39, 0.29) is 25.2 Å². The van der Waals surface area contributed by atoms with E-state index in [0.717, 1.165) is 0 Å². The van der Waals surface area contributed by atoms with Crippen molar-refractivity contribution >= 4 is 0 Å². The van der Waals surface area contributed by atoms with Crippen molar-refractivity contribution in [1.29, 1.82) is 0 Å². The van der Waals surface area contributed by atoms with Gasteiger partial charge in [-0.2, -0.15) is 0 Å². The molecule has 0 spiro atoms. The summed E-state index contributed by atoms with van der Waals surface area (Å²) >= 11 is 0. The van der Waals surface area contributed by atoms with E-state index in [2.05, 4.69) is 0 Å². The molecule has 0 unspecified atom stereocenters. The first-order chi connectivity index (χ1) is 1.41. The Morgan fingerprint density at radius 3 is 1.25 bits per heavy atom. The van der Waals surface area contributed by atoms with Crippen LogP contribution in [0.3, 0.4) is 0 Å². The molecule has 2 nitrogen and oxygen atoms in total. The maximum Gasteiger partial charge on any atom is 2.00 e. The summed E-state index contributed by atoms with van der Waals surface area (Å²) in [5, 5.41) is 0. The van der Waals surface area contributed by atoms with Gasteiger partial charge in [0.25, 0.3) is 0 Å². The van der Waals surface area contributed by atoms with Gasteiger partial charge in [-0.05, 0) is 0 Å². The monoisotopic (exact) mass is 95.0 g/mol. The first-order valence-corrected chi connectivity index (χ1v) is 0.707. The molecular weight excluding hydrogens is 91.0 g/mol. The Balaban J connectivity index is 0. The number of nitrogens with one attached hydrogen (secondary N) is 2. The Kier molecular flexibility index (Phi) is 21.4. The van der Waals surface area contributed by atoms with E-state index >= 15 is 0 Å². The van der Waals surface area contributed by atoms with Gasteiger partial charge < -0.3 is 11.5 Å². The second-order valence-electron chi connectivity index (χ2n) is 0.177. The second kappa shape index (κ2) is 9.71. The van der Waals surface area contributed by atoms with Gasteiger partial charge in [0.15, 0.2) is 0 Å². The van der Waals surface area contributed by atoms with E-state index < -0.39 is 0 Å². The molecule has 0 aromatic carbocycles. The van der Waals surface area contributed by atoms with Crippen LogP contribution in [-0.4, -0.2) is 6.67 Å². The standard InChI is InChI=1S/CH4N2.V/c2-1-3;/h2-3H,1H2;/q-2;+2. The largest absolute Gasteiger partial charge is 2.00 e. The molecule has 0 aliphatic heterocycles. The van der Waals surface area contributed by atoms with Gasteiger partial charge in [-0.1, -0.05) is 0 Å². The van der Waals surface area contributed by atoms with Crippen molar-refractivity contribution in [2.45, 2.75) is 0 Å². The van der Waals surface area contributed by atoms with E-state index in [1.165, 1.54) is 0 Å². The van der Waals surface area contributed by atoms with Crippen molar-refractivity contribution in [2.75, 3.05) is 6.67 Å². The van der Waals surface area contributed by atoms with Crippen LogP contribution in [0.15, 0.2) is 0 Å². The van der Waals surface area contributed by atoms with Crippen molar-refractivity contribution in [1.82, 2.24) is 0 Å². The minimum absolute atomic E-state index is 0. The van der Waals surface area contributed by atoms with Crippen molar-refractivity contribution in [3.05, 3.63) is 11.5 Å². The summed E-state index contributed by atoms with van der Waals surface area (Å²) in [7, 11) is 0. The molecule has 0 heterocycles. The molecule has 0 rings (SSSR count). The molecule has 0 aliphatic rings. The molecule has 0 bridgehead atoms. The summed E-state index contributed by atoms with van der Waals surface area (Å²) in [6.45, 7) is -0.250. The Labute approximate surface area is 37.4 Å². The van der Waals surface area contributed by atoms with Crippen LogP contribution in [0.5, 0.6) is 0 Å². The molecule has 0 amide bonds. The van der Waals surface area contributed by atoms with Crippen LogP contribution in [0.1, 0.15) is 0 Å². The minimum atomic E-state index is -0.250. The van der Waals surface area contributed by atoms with Crippen LogP contribution >= 0.6 is 0 Å². The molecule has 0 fully saturated rings. The third-order valence-electron chi connectivity index (χ3n) is 0. The van der Waals surface area contributed by atoms with E-state index in [1.54, 1.807) is 0 Å². The van der Waals surface area contributed by atoms with Gasteiger partial charge >= 0.3 is 18.6 Å².